The Kier molecular flexibility index (Phi) is 8.04. The van der Waals surface area contributed by atoms with Gasteiger partial charge >= 0.3 is 0 Å². The van der Waals surface area contributed by atoms with E-state index in [0.717, 1.165) is 31.2 Å². The molecule has 0 unspecified atom stereocenters. The van der Waals surface area contributed by atoms with E-state index < -0.39 is 17.9 Å². The number of rotatable bonds is 7. The van der Waals surface area contributed by atoms with Gasteiger partial charge in [0.1, 0.15) is 11.9 Å². The van der Waals surface area contributed by atoms with Crippen LogP contribution in [0.3, 0.4) is 0 Å². The Hall–Kier alpha value is -2.15. The van der Waals surface area contributed by atoms with Crippen molar-refractivity contribution in [3.8, 4) is 0 Å². The van der Waals surface area contributed by atoms with Crippen LogP contribution in [-0.2, 0) is 9.59 Å². The number of carbonyl (C=O) groups excluding carboxylic acids is 2. The van der Waals surface area contributed by atoms with Crippen LogP contribution in [0.4, 0.5) is 4.39 Å². The zero-order chi connectivity index (χ0) is 25.2. The highest BCUT2D eigenvalue weighted by molar-refractivity contribution is 6.42. The van der Waals surface area contributed by atoms with Gasteiger partial charge in [0, 0.05) is 17.5 Å². The summed E-state index contributed by atoms with van der Waals surface area (Å²) < 4.78 is 15.0. The van der Waals surface area contributed by atoms with Crippen molar-refractivity contribution in [2.45, 2.75) is 70.0 Å². The number of nitrogens with two attached hydrogens (primary N) is 1. The number of hydrogen-bond acceptors (Lipinski definition) is 3. The number of benzene rings is 2. The zero-order valence-corrected chi connectivity index (χ0v) is 21.3. The van der Waals surface area contributed by atoms with Crippen LogP contribution in [0, 0.1) is 17.2 Å². The Morgan fingerprint density at radius 3 is 2.46 bits per heavy atom. The standard InChI is InChI=1S/C27H32Cl2FN3O2/c1-27(13-5-6-14-27)24(21-20(30)12-11-19(28)22(21)29)33-25(34)17-9-10-18(15-17)32-26(35)23(31)16-7-3-2-4-8-16/h2-4,7-8,11-12,17-18,23-24H,5-6,9-10,13-15,31H2,1H3,(H,32,35)(H,33,34)/t17-,18+,23+,24+/m0/s1. The van der Waals surface area contributed by atoms with Crippen molar-refractivity contribution >= 4 is 35.0 Å². The minimum absolute atomic E-state index is 0.139. The minimum atomic E-state index is -0.760. The second-order valence-corrected chi connectivity index (χ2v) is 10.9. The Balaban J connectivity index is 1.45. The molecule has 0 heterocycles. The lowest BCUT2D eigenvalue weighted by atomic mass is 9.76. The fourth-order valence-corrected chi connectivity index (χ4v) is 6.01. The van der Waals surface area contributed by atoms with E-state index >= 15 is 0 Å². The third kappa shape index (κ3) is 5.65. The average molecular weight is 520 g/mol. The molecule has 2 amide bonds. The summed E-state index contributed by atoms with van der Waals surface area (Å²) in [5.41, 5.74) is 6.80. The van der Waals surface area contributed by atoms with Gasteiger partial charge in [0.05, 0.1) is 16.1 Å². The van der Waals surface area contributed by atoms with Gasteiger partial charge in [-0.2, -0.15) is 0 Å². The van der Waals surface area contributed by atoms with Crippen molar-refractivity contribution in [3.63, 3.8) is 0 Å². The molecular weight excluding hydrogens is 488 g/mol. The van der Waals surface area contributed by atoms with Crippen LogP contribution in [0.25, 0.3) is 0 Å². The summed E-state index contributed by atoms with van der Waals surface area (Å²) in [6.07, 6.45) is 5.58. The lowest BCUT2D eigenvalue weighted by Gasteiger charge is -2.36. The number of carbonyl (C=O) groups is 2. The van der Waals surface area contributed by atoms with Crippen LogP contribution in [0.1, 0.15) is 75.1 Å². The molecule has 0 bridgehead atoms. The normalized spacial score (nSPS) is 23.0. The molecule has 2 aliphatic rings. The molecule has 0 radical (unpaired) electrons. The van der Waals surface area contributed by atoms with Gasteiger partial charge in [-0.3, -0.25) is 9.59 Å². The predicted molar refractivity (Wildman–Crippen MR) is 137 cm³/mol. The summed E-state index contributed by atoms with van der Waals surface area (Å²) in [4.78, 5) is 26.0. The first-order chi connectivity index (χ1) is 16.7. The van der Waals surface area contributed by atoms with Gasteiger partial charge in [-0.15, -0.1) is 0 Å². The summed E-state index contributed by atoms with van der Waals surface area (Å²) in [6.45, 7) is 2.07. The summed E-state index contributed by atoms with van der Waals surface area (Å²) >= 11 is 12.7. The van der Waals surface area contributed by atoms with Crippen molar-refractivity contribution < 1.29 is 14.0 Å². The molecule has 0 spiro atoms. The van der Waals surface area contributed by atoms with Crippen molar-refractivity contribution in [2.24, 2.45) is 17.1 Å². The topological polar surface area (TPSA) is 84.2 Å². The molecule has 35 heavy (non-hydrogen) atoms. The van der Waals surface area contributed by atoms with Crippen LogP contribution in [0.2, 0.25) is 10.0 Å². The molecule has 0 aliphatic heterocycles. The molecule has 0 aromatic heterocycles. The smallest absolute Gasteiger partial charge is 0.241 e. The molecule has 4 atom stereocenters. The molecule has 4 N–H and O–H groups in total. The first-order valence-electron chi connectivity index (χ1n) is 12.2. The highest BCUT2D eigenvalue weighted by Crippen LogP contribution is 2.50. The first kappa shape index (κ1) is 25.9. The fourth-order valence-electron chi connectivity index (χ4n) is 5.59. The largest absolute Gasteiger partial charge is 0.352 e. The molecule has 0 saturated heterocycles. The molecule has 2 aromatic carbocycles. The molecule has 2 fully saturated rings. The van der Waals surface area contributed by atoms with Gasteiger partial charge in [-0.25, -0.2) is 4.39 Å². The van der Waals surface area contributed by atoms with Crippen LogP contribution in [0.5, 0.6) is 0 Å². The number of halogens is 3. The van der Waals surface area contributed by atoms with Crippen LogP contribution >= 0.6 is 23.2 Å². The van der Waals surface area contributed by atoms with E-state index in [1.807, 2.05) is 30.3 Å². The van der Waals surface area contributed by atoms with Crippen molar-refractivity contribution in [1.29, 1.82) is 0 Å². The maximum atomic E-state index is 15.0. The second-order valence-electron chi connectivity index (χ2n) is 10.2. The summed E-state index contributed by atoms with van der Waals surface area (Å²) in [5, 5.41) is 6.54. The van der Waals surface area contributed by atoms with E-state index in [9.17, 15) is 14.0 Å². The average Bonchev–Trinajstić information content (AvgIpc) is 3.51. The summed E-state index contributed by atoms with van der Waals surface area (Å²) in [5.74, 6) is -1.17. The second kappa shape index (κ2) is 10.9. The molecule has 5 nitrogen and oxygen atoms in total. The Morgan fingerprint density at radius 1 is 1.09 bits per heavy atom. The lowest BCUT2D eigenvalue weighted by molar-refractivity contribution is -0.127. The van der Waals surface area contributed by atoms with Gasteiger partial charge in [0.25, 0.3) is 0 Å². The quantitative estimate of drug-likeness (QED) is 0.400. The maximum absolute atomic E-state index is 15.0. The summed E-state index contributed by atoms with van der Waals surface area (Å²) in [6, 6.07) is 10.4. The van der Waals surface area contributed by atoms with Crippen LogP contribution < -0.4 is 16.4 Å². The van der Waals surface area contributed by atoms with Crippen LogP contribution in [-0.4, -0.2) is 17.9 Å². The molecule has 2 aliphatic carbocycles. The van der Waals surface area contributed by atoms with E-state index in [-0.39, 0.29) is 44.8 Å². The minimum Gasteiger partial charge on any atom is -0.352 e. The van der Waals surface area contributed by atoms with E-state index in [2.05, 4.69) is 17.6 Å². The van der Waals surface area contributed by atoms with Crippen molar-refractivity contribution in [3.05, 3.63) is 69.5 Å². The van der Waals surface area contributed by atoms with Gasteiger partial charge in [0.2, 0.25) is 11.8 Å². The predicted octanol–water partition coefficient (Wildman–Crippen LogP) is 5.86. The molecule has 188 valence electrons. The lowest BCUT2D eigenvalue weighted by Crippen LogP contribution is -2.42. The number of hydrogen-bond donors (Lipinski definition) is 3. The van der Waals surface area contributed by atoms with Gasteiger partial charge < -0.3 is 16.4 Å². The number of nitrogens with one attached hydrogen (secondary N) is 2. The van der Waals surface area contributed by atoms with Crippen molar-refractivity contribution in [2.75, 3.05) is 0 Å². The molecule has 4 rings (SSSR count). The third-order valence-corrected chi connectivity index (χ3v) is 8.51. The van der Waals surface area contributed by atoms with E-state index in [1.54, 1.807) is 0 Å². The molecular formula is C27H32Cl2FN3O2. The monoisotopic (exact) mass is 519 g/mol. The molecule has 2 saturated carbocycles. The maximum Gasteiger partial charge on any atom is 0.241 e. The highest BCUT2D eigenvalue weighted by Gasteiger charge is 2.43. The Morgan fingerprint density at radius 2 is 1.77 bits per heavy atom. The zero-order valence-electron chi connectivity index (χ0n) is 19.8. The van der Waals surface area contributed by atoms with E-state index in [1.165, 1.54) is 12.1 Å². The van der Waals surface area contributed by atoms with Crippen LogP contribution in [0.15, 0.2) is 42.5 Å². The SMILES string of the molecule is CC1([C@H](NC(=O)[C@H]2CC[C@@H](NC(=O)[C@H](N)c3ccccc3)C2)c2c(F)ccc(Cl)c2Cl)CCCC1. The van der Waals surface area contributed by atoms with Gasteiger partial charge in [-0.05, 0) is 55.2 Å². The number of amides is 2. The summed E-state index contributed by atoms with van der Waals surface area (Å²) in [7, 11) is 0. The van der Waals surface area contributed by atoms with Crippen molar-refractivity contribution in [1.82, 2.24) is 10.6 Å². The molecule has 2 aromatic rings. The van der Waals surface area contributed by atoms with E-state index in [4.69, 9.17) is 28.9 Å². The first-order valence-corrected chi connectivity index (χ1v) is 13.0. The third-order valence-electron chi connectivity index (χ3n) is 7.69. The Bertz CT molecular complexity index is 1080. The highest BCUT2D eigenvalue weighted by atomic mass is 35.5. The van der Waals surface area contributed by atoms with Gasteiger partial charge in [0.15, 0.2) is 0 Å². The fraction of sp³-hybridized carbons (Fsp3) is 0.481. The molecule has 8 heteroatoms. The Labute approximate surface area is 215 Å². The van der Waals surface area contributed by atoms with E-state index in [0.29, 0.717) is 19.3 Å². The van der Waals surface area contributed by atoms with Gasteiger partial charge in [-0.1, -0.05) is 73.3 Å².